The highest BCUT2D eigenvalue weighted by Gasteiger charge is 2.11. The Hall–Kier alpha value is -2.10. The molecular weight excluding hydrogens is 220 g/mol. The van der Waals surface area contributed by atoms with Crippen molar-refractivity contribution in [1.82, 2.24) is 15.0 Å². The van der Waals surface area contributed by atoms with Gasteiger partial charge in [0.15, 0.2) is 6.19 Å². The van der Waals surface area contributed by atoms with E-state index < -0.39 is 0 Å². The minimum absolute atomic E-state index is 0.183. The molecule has 0 saturated heterocycles. The number of hydrogen-bond donors (Lipinski definition) is 1. The van der Waals surface area contributed by atoms with Crippen molar-refractivity contribution in [2.45, 2.75) is 26.3 Å². The first-order valence-corrected chi connectivity index (χ1v) is 5.30. The second-order valence-corrected chi connectivity index (χ2v) is 3.56. The van der Waals surface area contributed by atoms with Crippen molar-refractivity contribution in [2.24, 2.45) is 0 Å². The van der Waals surface area contributed by atoms with Crippen LogP contribution in [0.3, 0.4) is 0 Å². The van der Waals surface area contributed by atoms with Crippen LogP contribution in [-0.2, 0) is 0 Å². The van der Waals surface area contributed by atoms with E-state index in [2.05, 4.69) is 27.2 Å². The Morgan fingerprint density at radius 3 is 2.71 bits per heavy atom. The molecule has 1 aromatic heterocycles. The molecule has 0 aromatic carbocycles. The van der Waals surface area contributed by atoms with E-state index in [1.807, 2.05) is 13.1 Å². The van der Waals surface area contributed by atoms with Crippen LogP contribution in [0.5, 0.6) is 6.01 Å². The fourth-order valence-corrected chi connectivity index (χ4v) is 1.02. The Labute approximate surface area is 100 Å². The van der Waals surface area contributed by atoms with Gasteiger partial charge in [0, 0.05) is 13.1 Å². The summed E-state index contributed by atoms with van der Waals surface area (Å²) in [5, 5.41) is 11.9. The summed E-state index contributed by atoms with van der Waals surface area (Å²) in [5.74, 6) is 0.661. The molecule has 0 bridgehead atoms. The topological polar surface area (TPSA) is 87.0 Å². The second kappa shape index (κ2) is 5.84. The van der Waals surface area contributed by atoms with Gasteiger partial charge in [0.1, 0.15) is 0 Å². The Morgan fingerprint density at radius 1 is 1.47 bits per heavy atom. The average molecular weight is 236 g/mol. The summed E-state index contributed by atoms with van der Waals surface area (Å²) in [6.07, 6.45) is 2.87. The molecule has 7 heteroatoms. The van der Waals surface area contributed by atoms with Crippen molar-refractivity contribution < 1.29 is 4.74 Å². The Bertz CT molecular complexity index is 416. The Morgan fingerprint density at radius 2 is 2.18 bits per heavy atom. The zero-order chi connectivity index (χ0) is 12.8. The molecule has 0 spiro atoms. The third-order valence-corrected chi connectivity index (χ3v) is 2.22. The first-order chi connectivity index (χ1) is 8.10. The number of ether oxygens (including phenoxy) is 1. The summed E-state index contributed by atoms with van der Waals surface area (Å²) in [6, 6.07) is 0.422. The van der Waals surface area contributed by atoms with E-state index in [4.69, 9.17) is 10.00 Å². The number of aromatic nitrogens is 3. The van der Waals surface area contributed by atoms with Crippen LogP contribution in [0.2, 0.25) is 0 Å². The van der Waals surface area contributed by atoms with Crippen LogP contribution in [-0.4, -0.2) is 35.2 Å². The van der Waals surface area contributed by atoms with E-state index in [1.165, 1.54) is 12.0 Å². The first kappa shape index (κ1) is 13.0. The van der Waals surface area contributed by atoms with Crippen molar-refractivity contribution in [1.29, 1.82) is 5.26 Å². The average Bonchev–Trinajstić information content (AvgIpc) is 2.36. The van der Waals surface area contributed by atoms with Crippen molar-refractivity contribution >= 4 is 11.9 Å². The van der Waals surface area contributed by atoms with Crippen LogP contribution in [0.4, 0.5) is 11.9 Å². The van der Waals surface area contributed by atoms with E-state index in [-0.39, 0.29) is 18.0 Å². The van der Waals surface area contributed by atoms with E-state index in [1.54, 1.807) is 7.05 Å². The van der Waals surface area contributed by atoms with Crippen LogP contribution >= 0.6 is 0 Å². The lowest BCUT2D eigenvalue weighted by molar-refractivity contribution is 0.379. The third-order valence-electron chi connectivity index (χ3n) is 2.22. The molecule has 1 N–H and O–H groups in total. The number of rotatable bonds is 5. The number of nitrogens with one attached hydrogen (secondary N) is 1. The van der Waals surface area contributed by atoms with Gasteiger partial charge in [-0.25, -0.2) is 4.90 Å². The molecule has 0 amide bonds. The maximum Gasteiger partial charge on any atom is 0.322 e. The van der Waals surface area contributed by atoms with E-state index in [9.17, 15) is 0 Å². The van der Waals surface area contributed by atoms with Gasteiger partial charge in [-0.15, -0.1) is 0 Å². The highest BCUT2D eigenvalue weighted by atomic mass is 16.5. The van der Waals surface area contributed by atoms with Gasteiger partial charge in [-0.1, -0.05) is 6.92 Å². The highest BCUT2D eigenvalue weighted by Crippen LogP contribution is 2.14. The Kier molecular flexibility index (Phi) is 4.46. The van der Waals surface area contributed by atoms with Gasteiger partial charge in [0.25, 0.3) is 0 Å². The molecule has 0 aliphatic heterocycles. The fraction of sp³-hybridized carbons (Fsp3) is 0.600. The van der Waals surface area contributed by atoms with Crippen LogP contribution in [0.25, 0.3) is 0 Å². The molecule has 1 aromatic rings. The molecule has 0 radical (unpaired) electrons. The summed E-state index contributed by atoms with van der Waals surface area (Å²) in [4.78, 5) is 13.4. The zero-order valence-electron chi connectivity index (χ0n) is 10.4. The Balaban J connectivity index is 3.01. The number of hydrogen-bond acceptors (Lipinski definition) is 7. The van der Waals surface area contributed by atoms with Gasteiger partial charge in [-0.05, 0) is 13.3 Å². The molecule has 0 aliphatic carbocycles. The van der Waals surface area contributed by atoms with Crippen molar-refractivity contribution in [3.63, 3.8) is 0 Å². The number of nitrogens with zero attached hydrogens (tertiary/aromatic N) is 5. The molecule has 0 unspecified atom stereocenters. The standard InChI is InChI=1S/C10H16N6O/c1-5-7(2)12-8-13-9(16(3)6-11)15-10(14-8)17-4/h7H,5H2,1-4H3,(H,12,13,14,15)/t7-/m0/s1. The second-order valence-electron chi connectivity index (χ2n) is 3.56. The lowest BCUT2D eigenvalue weighted by Crippen LogP contribution is -2.19. The molecule has 7 nitrogen and oxygen atoms in total. The zero-order valence-corrected chi connectivity index (χ0v) is 10.4. The van der Waals surface area contributed by atoms with E-state index in [0.717, 1.165) is 6.42 Å². The molecule has 17 heavy (non-hydrogen) atoms. The quantitative estimate of drug-likeness (QED) is 0.603. The fourth-order valence-electron chi connectivity index (χ4n) is 1.02. The summed E-state index contributed by atoms with van der Waals surface area (Å²) in [6.45, 7) is 4.07. The normalized spacial score (nSPS) is 11.5. The summed E-state index contributed by atoms with van der Waals surface area (Å²) < 4.78 is 4.97. The van der Waals surface area contributed by atoms with Gasteiger partial charge in [-0.2, -0.15) is 20.2 Å². The lowest BCUT2D eigenvalue weighted by atomic mass is 10.3. The van der Waals surface area contributed by atoms with Crippen LogP contribution < -0.4 is 15.0 Å². The highest BCUT2D eigenvalue weighted by molar-refractivity contribution is 5.41. The van der Waals surface area contributed by atoms with E-state index in [0.29, 0.717) is 5.95 Å². The van der Waals surface area contributed by atoms with Crippen LogP contribution in [0, 0.1) is 11.5 Å². The molecule has 1 heterocycles. The third kappa shape index (κ3) is 3.45. The van der Waals surface area contributed by atoms with Gasteiger partial charge in [0.2, 0.25) is 11.9 Å². The minimum Gasteiger partial charge on any atom is -0.467 e. The van der Waals surface area contributed by atoms with Gasteiger partial charge in [-0.3, -0.25) is 0 Å². The molecular formula is C10H16N6O. The largest absolute Gasteiger partial charge is 0.467 e. The van der Waals surface area contributed by atoms with Gasteiger partial charge in [0.05, 0.1) is 7.11 Å². The van der Waals surface area contributed by atoms with Gasteiger partial charge < -0.3 is 10.1 Å². The number of methoxy groups -OCH3 is 1. The maximum atomic E-state index is 8.79. The molecule has 0 fully saturated rings. The number of nitriles is 1. The summed E-state index contributed by atoms with van der Waals surface area (Å²) in [7, 11) is 3.04. The van der Waals surface area contributed by atoms with E-state index >= 15 is 0 Å². The van der Waals surface area contributed by atoms with Gasteiger partial charge >= 0.3 is 6.01 Å². The lowest BCUT2D eigenvalue weighted by Gasteiger charge is -2.13. The monoisotopic (exact) mass is 236 g/mol. The van der Waals surface area contributed by atoms with Crippen LogP contribution in [0.1, 0.15) is 20.3 Å². The van der Waals surface area contributed by atoms with Crippen molar-refractivity contribution in [3.05, 3.63) is 0 Å². The predicted molar refractivity (Wildman–Crippen MR) is 63.8 cm³/mol. The summed E-state index contributed by atoms with van der Waals surface area (Å²) >= 11 is 0. The first-order valence-electron chi connectivity index (χ1n) is 5.30. The smallest absolute Gasteiger partial charge is 0.322 e. The minimum atomic E-state index is 0.183. The van der Waals surface area contributed by atoms with Crippen molar-refractivity contribution in [3.8, 4) is 12.2 Å². The molecule has 1 atom stereocenters. The SMILES string of the molecule is CC[C@H](C)Nc1nc(OC)nc(N(C)C#N)n1. The maximum absolute atomic E-state index is 8.79. The molecule has 0 aliphatic rings. The van der Waals surface area contributed by atoms with Crippen molar-refractivity contribution in [2.75, 3.05) is 24.4 Å². The number of anilines is 2. The van der Waals surface area contributed by atoms with Crippen LogP contribution in [0.15, 0.2) is 0 Å². The molecule has 92 valence electrons. The predicted octanol–water partition coefficient (Wildman–Crippen LogP) is 1.01. The molecule has 1 rings (SSSR count). The summed E-state index contributed by atoms with van der Waals surface area (Å²) in [5.41, 5.74) is 0. The molecule has 0 saturated carbocycles.